The zero-order valence-electron chi connectivity index (χ0n) is 13.2. The van der Waals surface area contributed by atoms with Crippen molar-refractivity contribution in [3.05, 3.63) is 23.3 Å². The van der Waals surface area contributed by atoms with E-state index < -0.39 is 8.07 Å². The molecular formula is C15H24O4Si. The normalized spacial score (nSPS) is 11.1. The molecule has 0 aliphatic carbocycles. The SMILES string of the molecule is COc1cc(C)c(C(=O)OCC[Si](C)(C)C)c(OC)c1. The van der Waals surface area contributed by atoms with Crippen LogP contribution in [0.5, 0.6) is 11.5 Å². The largest absolute Gasteiger partial charge is 0.497 e. The number of hydrogen-bond acceptors (Lipinski definition) is 4. The molecule has 1 rings (SSSR count). The van der Waals surface area contributed by atoms with E-state index in [9.17, 15) is 4.79 Å². The maximum Gasteiger partial charge on any atom is 0.342 e. The number of aryl methyl sites for hydroxylation is 1. The van der Waals surface area contributed by atoms with Gasteiger partial charge in [-0.25, -0.2) is 4.79 Å². The average Bonchev–Trinajstić information content (AvgIpc) is 2.35. The molecule has 0 fully saturated rings. The Morgan fingerprint density at radius 2 is 1.80 bits per heavy atom. The van der Waals surface area contributed by atoms with Crippen LogP contribution in [0.3, 0.4) is 0 Å². The third-order valence-corrected chi connectivity index (χ3v) is 4.72. The Bertz CT molecular complexity index is 477. The van der Waals surface area contributed by atoms with Gasteiger partial charge in [0, 0.05) is 14.1 Å². The molecule has 0 aliphatic heterocycles. The molecular weight excluding hydrogens is 272 g/mol. The first-order valence-electron chi connectivity index (χ1n) is 6.68. The van der Waals surface area contributed by atoms with E-state index in [2.05, 4.69) is 19.6 Å². The van der Waals surface area contributed by atoms with Gasteiger partial charge in [-0.1, -0.05) is 19.6 Å². The smallest absolute Gasteiger partial charge is 0.342 e. The van der Waals surface area contributed by atoms with E-state index in [1.54, 1.807) is 19.2 Å². The molecule has 0 radical (unpaired) electrons. The van der Waals surface area contributed by atoms with Crippen LogP contribution < -0.4 is 9.47 Å². The van der Waals surface area contributed by atoms with E-state index in [4.69, 9.17) is 14.2 Å². The van der Waals surface area contributed by atoms with Crippen molar-refractivity contribution in [1.29, 1.82) is 0 Å². The molecule has 0 amide bonds. The second kappa shape index (κ2) is 6.79. The van der Waals surface area contributed by atoms with E-state index in [0.29, 0.717) is 23.7 Å². The lowest BCUT2D eigenvalue weighted by atomic mass is 10.1. The Balaban J connectivity index is 2.87. The van der Waals surface area contributed by atoms with Crippen molar-refractivity contribution in [1.82, 2.24) is 0 Å². The fraction of sp³-hybridized carbons (Fsp3) is 0.533. The van der Waals surface area contributed by atoms with Gasteiger partial charge in [-0.3, -0.25) is 0 Å². The molecule has 0 spiro atoms. The molecule has 0 saturated carbocycles. The van der Waals surface area contributed by atoms with Crippen molar-refractivity contribution in [2.24, 2.45) is 0 Å². The predicted octanol–water partition coefficient (Wildman–Crippen LogP) is 3.51. The molecule has 112 valence electrons. The lowest BCUT2D eigenvalue weighted by molar-refractivity contribution is 0.0520. The standard InChI is InChI=1S/C15H24O4Si/c1-11-9-12(17-2)10-13(18-3)14(11)15(16)19-7-8-20(4,5)6/h9-10H,7-8H2,1-6H3. The van der Waals surface area contributed by atoms with E-state index >= 15 is 0 Å². The van der Waals surface area contributed by atoms with Crippen LogP contribution >= 0.6 is 0 Å². The van der Waals surface area contributed by atoms with Gasteiger partial charge < -0.3 is 14.2 Å². The molecule has 0 saturated heterocycles. The van der Waals surface area contributed by atoms with Crippen LogP contribution in [0.25, 0.3) is 0 Å². The van der Waals surface area contributed by atoms with Gasteiger partial charge in [0.05, 0.1) is 20.8 Å². The summed E-state index contributed by atoms with van der Waals surface area (Å²) in [5, 5.41) is 0. The Hall–Kier alpha value is -1.49. The minimum absolute atomic E-state index is 0.333. The highest BCUT2D eigenvalue weighted by molar-refractivity contribution is 6.76. The van der Waals surface area contributed by atoms with Crippen molar-refractivity contribution >= 4 is 14.0 Å². The maximum absolute atomic E-state index is 12.2. The van der Waals surface area contributed by atoms with E-state index in [1.807, 2.05) is 6.92 Å². The minimum Gasteiger partial charge on any atom is -0.497 e. The molecule has 0 unspecified atom stereocenters. The fourth-order valence-corrected chi connectivity index (χ4v) is 2.50. The Labute approximate surface area is 122 Å². The van der Waals surface area contributed by atoms with Gasteiger partial charge in [-0.05, 0) is 24.6 Å². The summed E-state index contributed by atoms with van der Waals surface area (Å²) in [6.45, 7) is 9.06. The van der Waals surface area contributed by atoms with Crippen LogP contribution in [0.1, 0.15) is 15.9 Å². The van der Waals surface area contributed by atoms with Gasteiger partial charge >= 0.3 is 5.97 Å². The highest BCUT2D eigenvalue weighted by atomic mass is 28.3. The first-order chi connectivity index (χ1) is 9.28. The molecule has 0 aliphatic rings. The number of ether oxygens (including phenoxy) is 3. The molecule has 0 N–H and O–H groups in total. The van der Waals surface area contributed by atoms with E-state index in [0.717, 1.165) is 11.6 Å². The number of methoxy groups -OCH3 is 2. The van der Waals surface area contributed by atoms with Crippen molar-refractivity contribution in [3.63, 3.8) is 0 Å². The zero-order valence-corrected chi connectivity index (χ0v) is 14.2. The van der Waals surface area contributed by atoms with Gasteiger partial charge in [0.25, 0.3) is 0 Å². The molecule has 1 aromatic rings. The molecule has 0 heterocycles. The minimum atomic E-state index is -1.20. The number of carbonyl (C=O) groups excluding carboxylic acids is 1. The lowest BCUT2D eigenvalue weighted by Gasteiger charge is -2.17. The third-order valence-electron chi connectivity index (χ3n) is 3.02. The maximum atomic E-state index is 12.2. The second-order valence-corrected chi connectivity index (χ2v) is 11.6. The molecule has 1 aromatic carbocycles. The van der Waals surface area contributed by atoms with Crippen LogP contribution in [0, 0.1) is 6.92 Å². The quantitative estimate of drug-likeness (QED) is 0.595. The molecule has 20 heavy (non-hydrogen) atoms. The van der Waals surface area contributed by atoms with Crippen LogP contribution in [0.15, 0.2) is 12.1 Å². The molecule has 0 aromatic heterocycles. The topological polar surface area (TPSA) is 44.8 Å². The lowest BCUT2D eigenvalue weighted by Crippen LogP contribution is -2.23. The van der Waals surface area contributed by atoms with Crippen LogP contribution in [-0.2, 0) is 4.74 Å². The van der Waals surface area contributed by atoms with Gasteiger partial charge in [0.15, 0.2) is 0 Å². The van der Waals surface area contributed by atoms with Crippen molar-refractivity contribution < 1.29 is 19.0 Å². The summed E-state index contributed by atoms with van der Waals surface area (Å²) in [5.74, 6) is 0.818. The Morgan fingerprint density at radius 3 is 2.30 bits per heavy atom. The zero-order chi connectivity index (χ0) is 15.3. The Morgan fingerprint density at radius 1 is 1.15 bits per heavy atom. The summed E-state index contributed by atoms with van der Waals surface area (Å²) in [6.07, 6.45) is 0. The summed E-state index contributed by atoms with van der Waals surface area (Å²) in [5.41, 5.74) is 1.27. The molecule has 0 bridgehead atoms. The highest BCUT2D eigenvalue weighted by Crippen LogP contribution is 2.29. The van der Waals surface area contributed by atoms with Crippen molar-refractivity contribution in [2.75, 3.05) is 20.8 Å². The summed E-state index contributed by atoms with van der Waals surface area (Å²) < 4.78 is 15.8. The van der Waals surface area contributed by atoms with Crippen LogP contribution in [0.4, 0.5) is 0 Å². The van der Waals surface area contributed by atoms with Crippen LogP contribution in [0.2, 0.25) is 25.7 Å². The predicted molar refractivity (Wildman–Crippen MR) is 82.7 cm³/mol. The molecule has 0 atom stereocenters. The van der Waals surface area contributed by atoms with Crippen LogP contribution in [-0.4, -0.2) is 34.9 Å². The first kappa shape index (κ1) is 16.6. The van der Waals surface area contributed by atoms with E-state index in [1.165, 1.54) is 7.11 Å². The average molecular weight is 296 g/mol. The fourth-order valence-electron chi connectivity index (χ4n) is 1.79. The summed E-state index contributed by atoms with van der Waals surface area (Å²) >= 11 is 0. The number of benzene rings is 1. The van der Waals surface area contributed by atoms with Gasteiger partial charge in [0.1, 0.15) is 17.1 Å². The van der Waals surface area contributed by atoms with Gasteiger partial charge in [-0.2, -0.15) is 0 Å². The Kier molecular flexibility index (Phi) is 5.62. The molecule has 4 nitrogen and oxygen atoms in total. The highest BCUT2D eigenvalue weighted by Gasteiger charge is 2.20. The number of carbonyl (C=O) groups is 1. The monoisotopic (exact) mass is 296 g/mol. The number of rotatable bonds is 6. The number of hydrogen-bond donors (Lipinski definition) is 0. The third kappa shape index (κ3) is 4.56. The second-order valence-electron chi connectivity index (χ2n) is 5.97. The first-order valence-corrected chi connectivity index (χ1v) is 10.4. The summed E-state index contributed by atoms with van der Waals surface area (Å²) in [4.78, 5) is 12.2. The number of esters is 1. The molecule has 5 heteroatoms. The summed E-state index contributed by atoms with van der Waals surface area (Å²) in [7, 11) is 1.91. The van der Waals surface area contributed by atoms with Gasteiger partial charge in [-0.15, -0.1) is 0 Å². The van der Waals surface area contributed by atoms with E-state index in [-0.39, 0.29) is 5.97 Å². The van der Waals surface area contributed by atoms with Crippen molar-refractivity contribution in [2.45, 2.75) is 32.6 Å². The summed E-state index contributed by atoms with van der Waals surface area (Å²) in [6, 6.07) is 4.45. The van der Waals surface area contributed by atoms with Gasteiger partial charge in [0.2, 0.25) is 0 Å². The van der Waals surface area contributed by atoms with Crippen molar-refractivity contribution in [3.8, 4) is 11.5 Å².